The Kier molecular flexibility index (Phi) is 5.77. The smallest absolute Gasteiger partial charge is 0.0162 e. The van der Waals surface area contributed by atoms with Crippen molar-refractivity contribution in [3.05, 3.63) is 35.9 Å². The predicted molar refractivity (Wildman–Crippen MR) is 79.9 cm³/mol. The van der Waals surface area contributed by atoms with Gasteiger partial charge in [0.05, 0.1) is 0 Å². The monoisotopic (exact) mass is 244 g/mol. The third kappa shape index (κ3) is 4.84. The highest BCUT2D eigenvalue weighted by Gasteiger charge is 2.20. The van der Waals surface area contributed by atoms with E-state index in [1.54, 1.807) is 5.56 Å². The first-order valence-corrected chi connectivity index (χ1v) is 7.95. The highest BCUT2D eigenvalue weighted by Crippen LogP contribution is 2.35. The van der Waals surface area contributed by atoms with Gasteiger partial charge < -0.3 is 0 Å². The maximum absolute atomic E-state index is 2.32. The van der Waals surface area contributed by atoms with Crippen LogP contribution in [0.5, 0.6) is 0 Å². The van der Waals surface area contributed by atoms with Crippen LogP contribution in [0.15, 0.2) is 30.3 Å². The third-order valence-corrected chi connectivity index (χ3v) is 4.29. The molecule has 0 aromatic heterocycles. The largest absolute Gasteiger partial charge is 0.0654 e. The van der Waals surface area contributed by atoms with Gasteiger partial charge in [0.15, 0.2) is 0 Å². The van der Waals surface area contributed by atoms with Gasteiger partial charge in [0.1, 0.15) is 0 Å². The molecule has 0 N–H and O–H groups in total. The predicted octanol–water partition coefficient (Wildman–Crippen LogP) is 5.93. The molecule has 0 heteroatoms. The van der Waals surface area contributed by atoms with Gasteiger partial charge in [-0.15, -0.1) is 0 Å². The molecular formula is C18H28. The van der Waals surface area contributed by atoms with Crippen LogP contribution in [0.4, 0.5) is 0 Å². The molecular weight excluding hydrogens is 216 g/mol. The van der Waals surface area contributed by atoms with E-state index in [9.17, 15) is 0 Å². The second-order valence-corrected chi connectivity index (χ2v) is 5.98. The van der Waals surface area contributed by atoms with Crippen molar-refractivity contribution in [1.29, 1.82) is 0 Å². The Morgan fingerprint density at radius 3 is 2.39 bits per heavy atom. The van der Waals surface area contributed by atoms with E-state index in [0.29, 0.717) is 0 Å². The number of hydrogen-bond donors (Lipinski definition) is 0. The van der Waals surface area contributed by atoms with E-state index in [4.69, 9.17) is 0 Å². The van der Waals surface area contributed by atoms with E-state index in [2.05, 4.69) is 37.3 Å². The lowest BCUT2D eigenvalue weighted by Crippen LogP contribution is -1.99. The minimum absolute atomic E-state index is 0.811. The standard InChI is InChI=1S/C18H28/c1-2-3-10-17(18-11-5-4-6-12-18)13-8-7-9-16-14-15-16/h4-6,11-12,16-17H,2-3,7-10,13-15H2,1H3. The minimum atomic E-state index is 0.811. The van der Waals surface area contributed by atoms with Crippen LogP contribution in [-0.2, 0) is 0 Å². The lowest BCUT2D eigenvalue weighted by atomic mass is 9.88. The fraction of sp³-hybridized carbons (Fsp3) is 0.667. The van der Waals surface area contributed by atoms with Crippen molar-refractivity contribution >= 4 is 0 Å². The molecule has 0 saturated heterocycles. The Labute approximate surface area is 113 Å². The lowest BCUT2D eigenvalue weighted by molar-refractivity contribution is 0.502. The van der Waals surface area contributed by atoms with Gasteiger partial charge in [-0.1, -0.05) is 82.2 Å². The van der Waals surface area contributed by atoms with Gasteiger partial charge in [0.2, 0.25) is 0 Å². The average molecular weight is 244 g/mol. The summed E-state index contributed by atoms with van der Waals surface area (Å²) in [6.07, 6.45) is 12.9. The molecule has 0 radical (unpaired) electrons. The molecule has 1 saturated carbocycles. The molecule has 0 heterocycles. The molecule has 0 aliphatic heterocycles. The Bertz CT molecular complexity index is 310. The quantitative estimate of drug-likeness (QED) is 0.472. The van der Waals surface area contributed by atoms with E-state index >= 15 is 0 Å². The van der Waals surface area contributed by atoms with Crippen LogP contribution in [0.25, 0.3) is 0 Å². The van der Waals surface area contributed by atoms with E-state index in [1.807, 2.05) is 0 Å². The SMILES string of the molecule is CCCCC(CCCCC1CC1)c1ccccc1. The van der Waals surface area contributed by atoms with Crippen LogP contribution < -0.4 is 0 Å². The summed E-state index contributed by atoms with van der Waals surface area (Å²) in [5.41, 5.74) is 1.57. The third-order valence-electron chi connectivity index (χ3n) is 4.29. The second kappa shape index (κ2) is 7.61. The highest BCUT2D eigenvalue weighted by atomic mass is 14.3. The first-order chi connectivity index (χ1) is 8.90. The van der Waals surface area contributed by atoms with Crippen molar-refractivity contribution in [2.24, 2.45) is 5.92 Å². The molecule has 1 aromatic rings. The Morgan fingerprint density at radius 2 is 1.72 bits per heavy atom. The summed E-state index contributed by atoms with van der Waals surface area (Å²) in [6, 6.07) is 11.2. The van der Waals surface area contributed by atoms with Crippen LogP contribution >= 0.6 is 0 Å². The summed E-state index contributed by atoms with van der Waals surface area (Å²) in [7, 11) is 0. The Morgan fingerprint density at radius 1 is 1.00 bits per heavy atom. The first kappa shape index (κ1) is 13.6. The molecule has 0 spiro atoms. The number of hydrogen-bond acceptors (Lipinski definition) is 0. The van der Waals surface area contributed by atoms with Crippen LogP contribution in [0.2, 0.25) is 0 Å². The van der Waals surface area contributed by atoms with Gasteiger partial charge in [-0.2, -0.15) is 0 Å². The van der Waals surface area contributed by atoms with Gasteiger partial charge in [-0.05, 0) is 30.2 Å². The van der Waals surface area contributed by atoms with E-state index < -0.39 is 0 Å². The molecule has 1 aliphatic rings. The van der Waals surface area contributed by atoms with Crippen LogP contribution in [-0.4, -0.2) is 0 Å². The topological polar surface area (TPSA) is 0 Å². The molecule has 0 amide bonds. The highest BCUT2D eigenvalue weighted by molar-refractivity contribution is 5.19. The number of benzene rings is 1. The summed E-state index contributed by atoms with van der Waals surface area (Å²) in [6.45, 7) is 2.30. The van der Waals surface area contributed by atoms with Crippen molar-refractivity contribution < 1.29 is 0 Å². The van der Waals surface area contributed by atoms with Gasteiger partial charge in [0.25, 0.3) is 0 Å². The first-order valence-electron chi connectivity index (χ1n) is 7.95. The number of rotatable bonds is 9. The molecule has 0 bridgehead atoms. The van der Waals surface area contributed by atoms with E-state index in [-0.39, 0.29) is 0 Å². The van der Waals surface area contributed by atoms with Crippen LogP contribution in [0.3, 0.4) is 0 Å². The van der Waals surface area contributed by atoms with Gasteiger partial charge in [-0.25, -0.2) is 0 Å². The van der Waals surface area contributed by atoms with Crippen molar-refractivity contribution in [2.45, 2.75) is 70.6 Å². The Balaban J connectivity index is 1.76. The van der Waals surface area contributed by atoms with Gasteiger partial charge >= 0.3 is 0 Å². The van der Waals surface area contributed by atoms with Crippen molar-refractivity contribution in [1.82, 2.24) is 0 Å². The average Bonchev–Trinajstić information content (AvgIpc) is 3.23. The molecule has 1 unspecified atom stereocenters. The lowest BCUT2D eigenvalue weighted by Gasteiger charge is -2.17. The summed E-state index contributed by atoms with van der Waals surface area (Å²) < 4.78 is 0. The number of unbranched alkanes of at least 4 members (excludes halogenated alkanes) is 2. The molecule has 0 nitrogen and oxygen atoms in total. The Hall–Kier alpha value is -0.780. The van der Waals surface area contributed by atoms with Crippen LogP contribution in [0, 0.1) is 5.92 Å². The molecule has 2 rings (SSSR count). The fourth-order valence-corrected chi connectivity index (χ4v) is 2.88. The molecule has 1 atom stereocenters. The molecule has 1 fully saturated rings. The zero-order valence-corrected chi connectivity index (χ0v) is 11.9. The van der Waals surface area contributed by atoms with Crippen LogP contribution in [0.1, 0.15) is 76.2 Å². The molecule has 1 aromatic carbocycles. The fourth-order valence-electron chi connectivity index (χ4n) is 2.88. The maximum Gasteiger partial charge on any atom is -0.0162 e. The minimum Gasteiger partial charge on any atom is -0.0654 e. The molecule has 1 aliphatic carbocycles. The normalized spacial score (nSPS) is 16.7. The molecule has 100 valence electrons. The van der Waals surface area contributed by atoms with Crippen molar-refractivity contribution in [3.8, 4) is 0 Å². The van der Waals surface area contributed by atoms with Gasteiger partial charge in [0, 0.05) is 0 Å². The summed E-state index contributed by atoms with van der Waals surface area (Å²) in [4.78, 5) is 0. The van der Waals surface area contributed by atoms with Crippen molar-refractivity contribution in [2.75, 3.05) is 0 Å². The summed E-state index contributed by atoms with van der Waals surface area (Å²) >= 11 is 0. The van der Waals surface area contributed by atoms with Gasteiger partial charge in [-0.3, -0.25) is 0 Å². The zero-order valence-electron chi connectivity index (χ0n) is 11.9. The van der Waals surface area contributed by atoms with E-state index in [1.165, 1.54) is 57.8 Å². The van der Waals surface area contributed by atoms with E-state index in [0.717, 1.165) is 11.8 Å². The zero-order chi connectivity index (χ0) is 12.6. The van der Waals surface area contributed by atoms with Crippen molar-refractivity contribution in [3.63, 3.8) is 0 Å². The second-order valence-electron chi connectivity index (χ2n) is 5.98. The summed E-state index contributed by atoms with van der Waals surface area (Å²) in [5, 5.41) is 0. The maximum atomic E-state index is 2.32. The summed E-state index contributed by atoms with van der Waals surface area (Å²) in [5.74, 6) is 1.92. The molecule has 18 heavy (non-hydrogen) atoms.